The van der Waals surface area contributed by atoms with Crippen LogP contribution in [-0.2, 0) is 6.42 Å². The van der Waals surface area contributed by atoms with Crippen molar-refractivity contribution in [2.75, 3.05) is 0 Å². The van der Waals surface area contributed by atoms with Gasteiger partial charge in [0.15, 0.2) is 11.6 Å². The van der Waals surface area contributed by atoms with E-state index in [4.69, 9.17) is 0 Å². The monoisotopic (exact) mass is 410 g/mol. The molecule has 0 saturated heterocycles. The second-order valence-electron chi connectivity index (χ2n) is 7.83. The van der Waals surface area contributed by atoms with Crippen LogP contribution in [0.1, 0.15) is 57.4 Å². The average molecular weight is 411 g/mol. The average Bonchev–Trinajstić information content (AvgIpc) is 2.76. The molecule has 3 aromatic carbocycles. The van der Waals surface area contributed by atoms with Crippen LogP contribution >= 0.6 is 0 Å². The zero-order chi connectivity index (χ0) is 21.3. The predicted molar refractivity (Wildman–Crippen MR) is 119 cm³/mol. The van der Waals surface area contributed by atoms with E-state index in [9.17, 15) is 13.2 Å². The maximum Gasteiger partial charge on any atom is 0.167 e. The molecule has 0 atom stereocenters. The first-order valence-corrected chi connectivity index (χ1v) is 10.9. The number of halogens is 3. The second-order valence-corrected chi connectivity index (χ2v) is 7.83. The summed E-state index contributed by atoms with van der Waals surface area (Å²) in [4.78, 5) is 0. The van der Waals surface area contributed by atoms with Crippen molar-refractivity contribution in [1.82, 2.24) is 0 Å². The van der Waals surface area contributed by atoms with Gasteiger partial charge in [0.25, 0.3) is 0 Å². The third-order valence-corrected chi connectivity index (χ3v) is 5.57. The molecule has 0 nitrogen and oxygen atoms in total. The molecule has 0 aromatic heterocycles. The molecule has 3 heteroatoms. The van der Waals surface area contributed by atoms with Gasteiger partial charge in [0.2, 0.25) is 0 Å². The van der Waals surface area contributed by atoms with Crippen LogP contribution in [-0.4, -0.2) is 0 Å². The zero-order valence-corrected chi connectivity index (χ0v) is 17.6. The summed E-state index contributed by atoms with van der Waals surface area (Å²) in [6.45, 7) is 2.22. The molecule has 0 radical (unpaired) electrons. The molecule has 0 heterocycles. The molecular weight excluding hydrogens is 381 g/mol. The lowest BCUT2D eigenvalue weighted by molar-refractivity contribution is 0.511. The zero-order valence-electron chi connectivity index (χ0n) is 17.6. The molecule has 0 fully saturated rings. The normalized spacial score (nSPS) is 11.1. The van der Waals surface area contributed by atoms with Gasteiger partial charge in [0.05, 0.1) is 0 Å². The molecule has 0 saturated carbocycles. The molecule has 3 aromatic rings. The molecule has 3 rings (SSSR count). The number of aryl methyl sites for hydroxylation is 1. The van der Waals surface area contributed by atoms with Crippen molar-refractivity contribution in [2.45, 2.75) is 58.3 Å². The lowest BCUT2D eigenvalue weighted by Gasteiger charge is -2.13. The minimum absolute atomic E-state index is 0.0996. The van der Waals surface area contributed by atoms with Crippen LogP contribution in [0.25, 0.3) is 22.3 Å². The smallest absolute Gasteiger partial charge is 0.167 e. The highest BCUT2D eigenvalue weighted by atomic mass is 19.2. The number of unbranched alkanes of at least 4 members (excludes halogenated alkanes) is 6. The van der Waals surface area contributed by atoms with Gasteiger partial charge in [-0.3, -0.25) is 0 Å². The minimum Gasteiger partial charge on any atom is -0.206 e. The Balaban J connectivity index is 1.75. The summed E-state index contributed by atoms with van der Waals surface area (Å²) in [5, 5.41) is 0. The van der Waals surface area contributed by atoms with Gasteiger partial charge in [-0.1, -0.05) is 94.0 Å². The van der Waals surface area contributed by atoms with E-state index in [1.807, 2.05) is 12.1 Å². The molecule has 0 N–H and O–H groups in total. The van der Waals surface area contributed by atoms with Gasteiger partial charge >= 0.3 is 0 Å². The summed E-state index contributed by atoms with van der Waals surface area (Å²) in [5.74, 6) is -2.34. The van der Waals surface area contributed by atoms with E-state index < -0.39 is 17.5 Å². The van der Waals surface area contributed by atoms with E-state index in [-0.39, 0.29) is 11.1 Å². The van der Waals surface area contributed by atoms with Crippen LogP contribution in [0.4, 0.5) is 13.2 Å². The Morgan fingerprint density at radius 1 is 0.600 bits per heavy atom. The van der Waals surface area contributed by atoms with Crippen LogP contribution in [0.3, 0.4) is 0 Å². The van der Waals surface area contributed by atoms with E-state index in [1.54, 1.807) is 30.3 Å². The fourth-order valence-electron chi connectivity index (χ4n) is 3.86. The van der Waals surface area contributed by atoms with E-state index in [2.05, 4.69) is 6.92 Å². The van der Waals surface area contributed by atoms with Crippen molar-refractivity contribution in [2.24, 2.45) is 0 Å². The van der Waals surface area contributed by atoms with Crippen LogP contribution in [0.2, 0.25) is 0 Å². The number of hydrogen-bond donors (Lipinski definition) is 0. The first-order valence-electron chi connectivity index (χ1n) is 10.9. The number of benzene rings is 3. The van der Waals surface area contributed by atoms with Crippen LogP contribution < -0.4 is 0 Å². The van der Waals surface area contributed by atoms with Crippen molar-refractivity contribution >= 4 is 0 Å². The van der Waals surface area contributed by atoms with Gasteiger partial charge in [0, 0.05) is 11.1 Å². The Labute approximate surface area is 177 Å². The van der Waals surface area contributed by atoms with E-state index in [0.717, 1.165) is 18.9 Å². The summed E-state index contributed by atoms with van der Waals surface area (Å²) in [6, 6.07) is 16.2. The largest absolute Gasteiger partial charge is 0.206 e. The topological polar surface area (TPSA) is 0 Å². The van der Waals surface area contributed by atoms with Gasteiger partial charge in [-0.05, 0) is 41.7 Å². The van der Waals surface area contributed by atoms with Crippen molar-refractivity contribution in [1.29, 1.82) is 0 Å². The Morgan fingerprint density at radius 2 is 1.27 bits per heavy atom. The van der Waals surface area contributed by atoms with Crippen molar-refractivity contribution < 1.29 is 13.2 Å². The lowest BCUT2D eigenvalue weighted by Crippen LogP contribution is -1.96. The highest BCUT2D eigenvalue weighted by molar-refractivity contribution is 5.84. The quantitative estimate of drug-likeness (QED) is 0.293. The maximum atomic E-state index is 14.7. The van der Waals surface area contributed by atoms with Gasteiger partial charge in [-0.15, -0.1) is 0 Å². The molecular formula is C27H29F3. The fraction of sp³-hybridized carbons (Fsp3) is 0.333. The van der Waals surface area contributed by atoms with Crippen LogP contribution in [0, 0.1) is 17.5 Å². The second kappa shape index (κ2) is 11.0. The summed E-state index contributed by atoms with van der Waals surface area (Å²) in [5.41, 5.74) is 2.44. The lowest BCUT2D eigenvalue weighted by atomic mass is 9.92. The highest BCUT2D eigenvalue weighted by Crippen LogP contribution is 2.36. The molecule has 0 unspecified atom stereocenters. The first-order chi connectivity index (χ1) is 14.6. The standard InChI is InChI=1S/C27H29F3/c1-2-3-4-5-6-7-8-11-20-14-16-21(17-15-20)26-23(18-19-25(29)27(26)30)22-12-9-10-13-24(22)28/h9-10,12-19H,2-8,11H2,1H3. The Kier molecular flexibility index (Phi) is 8.12. The van der Waals surface area contributed by atoms with E-state index in [1.165, 1.54) is 56.2 Å². The molecule has 0 spiro atoms. The van der Waals surface area contributed by atoms with Gasteiger partial charge in [0.1, 0.15) is 5.82 Å². The predicted octanol–water partition coefficient (Wildman–Crippen LogP) is 8.73. The number of rotatable bonds is 10. The van der Waals surface area contributed by atoms with Gasteiger partial charge < -0.3 is 0 Å². The number of hydrogen-bond acceptors (Lipinski definition) is 0. The van der Waals surface area contributed by atoms with Crippen LogP contribution in [0.15, 0.2) is 60.7 Å². The third kappa shape index (κ3) is 5.53. The molecule has 0 aliphatic rings. The summed E-state index contributed by atoms with van der Waals surface area (Å²) in [7, 11) is 0. The highest BCUT2D eigenvalue weighted by Gasteiger charge is 2.18. The van der Waals surface area contributed by atoms with Crippen LogP contribution in [0.5, 0.6) is 0 Å². The minimum atomic E-state index is -0.949. The molecule has 0 amide bonds. The summed E-state index contributed by atoms with van der Waals surface area (Å²) in [6.07, 6.45) is 9.75. The van der Waals surface area contributed by atoms with Gasteiger partial charge in [-0.2, -0.15) is 0 Å². The van der Waals surface area contributed by atoms with Crippen molar-refractivity contribution in [3.8, 4) is 22.3 Å². The molecule has 0 aliphatic heterocycles. The molecule has 0 aliphatic carbocycles. The SMILES string of the molecule is CCCCCCCCCc1ccc(-c2c(-c3ccccc3F)ccc(F)c2F)cc1. The van der Waals surface area contributed by atoms with Crippen molar-refractivity contribution in [3.63, 3.8) is 0 Å². The van der Waals surface area contributed by atoms with Crippen molar-refractivity contribution in [3.05, 3.63) is 83.7 Å². The molecule has 158 valence electrons. The molecule has 30 heavy (non-hydrogen) atoms. The fourth-order valence-corrected chi connectivity index (χ4v) is 3.86. The van der Waals surface area contributed by atoms with E-state index >= 15 is 0 Å². The summed E-state index contributed by atoms with van der Waals surface area (Å²) < 4.78 is 43.1. The molecule has 0 bridgehead atoms. The Morgan fingerprint density at radius 3 is 1.97 bits per heavy atom. The first kappa shape index (κ1) is 22.1. The third-order valence-electron chi connectivity index (χ3n) is 5.57. The maximum absolute atomic E-state index is 14.7. The van der Waals surface area contributed by atoms with Gasteiger partial charge in [-0.25, -0.2) is 13.2 Å². The Bertz CT molecular complexity index is 945. The van der Waals surface area contributed by atoms with E-state index in [0.29, 0.717) is 11.1 Å². The Hall–Kier alpha value is -2.55. The summed E-state index contributed by atoms with van der Waals surface area (Å²) >= 11 is 0.